The molecule has 0 bridgehead atoms. The number of carbonyl (C=O) groups excluding carboxylic acids is 3. The fraction of sp³-hybridized carbons (Fsp3) is 0.526. The van der Waals surface area contributed by atoms with Crippen molar-refractivity contribution in [3.63, 3.8) is 0 Å². The Morgan fingerprint density at radius 3 is 2.14 bits per heavy atom. The second-order valence-corrected chi connectivity index (χ2v) is 6.61. The third-order valence-corrected chi connectivity index (χ3v) is 4.38. The van der Waals surface area contributed by atoms with Gasteiger partial charge in [-0.1, -0.05) is 30.3 Å². The maximum atomic E-state index is 12.1. The summed E-state index contributed by atoms with van der Waals surface area (Å²) in [5.41, 5.74) is 1.07. The zero-order valence-corrected chi connectivity index (χ0v) is 16.3. The molecule has 9 nitrogen and oxygen atoms in total. The Labute approximate surface area is 165 Å². The molecular formula is C19H29N5O4. The number of carbonyl (C=O) groups is 3. The molecule has 1 saturated heterocycles. The Kier molecular flexibility index (Phi) is 9.40. The summed E-state index contributed by atoms with van der Waals surface area (Å²) in [7, 11) is 1.54. The Balaban J connectivity index is 1.59. The van der Waals surface area contributed by atoms with E-state index in [-0.39, 0.29) is 18.4 Å². The molecular weight excluding hydrogens is 362 g/mol. The van der Waals surface area contributed by atoms with Crippen molar-refractivity contribution in [3.05, 3.63) is 35.9 Å². The van der Waals surface area contributed by atoms with Crippen molar-refractivity contribution >= 4 is 17.8 Å². The summed E-state index contributed by atoms with van der Waals surface area (Å²) in [4.78, 5) is 39.6. The molecule has 0 radical (unpaired) electrons. The van der Waals surface area contributed by atoms with Crippen LogP contribution in [0.5, 0.6) is 0 Å². The molecule has 9 heteroatoms. The van der Waals surface area contributed by atoms with Crippen LogP contribution in [0.15, 0.2) is 30.3 Å². The Hall–Kier alpha value is -2.49. The van der Waals surface area contributed by atoms with Gasteiger partial charge in [0.1, 0.15) is 0 Å². The SMILES string of the molecule is COCCNC(=O)NC(=O)CN1CCN(CC(=O)NCc2ccccc2)CC1. The summed E-state index contributed by atoms with van der Waals surface area (Å²) >= 11 is 0. The van der Waals surface area contributed by atoms with Gasteiger partial charge in [-0.15, -0.1) is 0 Å². The summed E-state index contributed by atoms with van der Waals surface area (Å²) in [5.74, 6) is -0.355. The number of urea groups is 1. The van der Waals surface area contributed by atoms with Crippen LogP contribution in [-0.2, 0) is 20.9 Å². The summed E-state index contributed by atoms with van der Waals surface area (Å²) in [5, 5.41) is 7.76. The van der Waals surface area contributed by atoms with Crippen molar-refractivity contribution in [2.45, 2.75) is 6.54 Å². The van der Waals surface area contributed by atoms with E-state index in [0.29, 0.717) is 52.4 Å². The highest BCUT2D eigenvalue weighted by Crippen LogP contribution is 2.02. The lowest BCUT2D eigenvalue weighted by Gasteiger charge is -2.33. The molecule has 1 heterocycles. The van der Waals surface area contributed by atoms with E-state index in [2.05, 4.69) is 20.9 Å². The molecule has 1 aliphatic heterocycles. The van der Waals surface area contributed by atoms with E-state index in [1.807, 2.05) is 35.2 Å². The second-order valence-electron chi connectivity index (χ2n) is 6.61. The van der Waals surface area contributed by atoms with Crippen LogP contribution in [0.4, 0.5) is 4.79 Å². The summed E-state index contributed by atoms with van der Waals surface area (Å²) in [6.07, 6.45) is 0. The Morgan fingerprint density at radius 2 is 1.54 bits per heavy atom. The maximum Gasteiger partial charge on any atom is 0.321 e. The minimum Gasteiger partial charge on any atom is -0.383 e. The van der Waals surface area contributed by atoms with Gasteiger partial charge in [0.2, 0.25) is 11.8 Å². The molecule has 0 atom stereocenters. The molecule has 154 valence electrons. The van der Waals surface area contributed by atoms with Gasteiger partial charge in [0.25, 0.3) is 0 Å². The molecule has 1 aromatic rings. The lowest BCUT2D eigenvalue weighted by Crippen LogP contribution is -2.52. The number of nitrogens with zero attached hydrogens (tertiary/aromatic N) is 2. The highest BCUT2D eigenvalue weighted by Gasteiger charge is 2.21. The quantitative estimate of drug-likeness (QED) is 0.486. The van der Waals surface area contributed by atoms with E-state index in [4.69, 9.17) is 4.74 Å². The number of nitrogens with one attached hydrogen (secondary N) is 3. The normalized spacial score (nSPS) is 15.0. The monoisotopic (exact) mass is 391 g/mol. The van der Waals surface area contributed by atoms with Gasteiger partial charge in [0.05, 0.1) is 19.7 Å². The lowest BCUT2D eigenvalue weighted by molar-refractivity contribution is -0.124. The molecule has 28 heavy (non-hydrogen) atoms. The number of hydrogen-bond donors (Lipinski definition) is 3. The first-order valence-corrected chi connectivity index (χ1v) is 9.39. The zero-order chi connectivity index (χ0) is 20.2. The maximum absolute atomic E-state index is 12.1. The van der Waals surface area contributed by atoms with Crippen LogP contribution in [-0.4, -0.2) is 87.2 Å². The van der Waals surface area contributed by atoms with Gasteiger partial charge < -0.3 is 15.4 Å². The van der Waals surface area contributed by atoms with Crippen LogP contribution in [0.3, 0.4) is 0 Å². The number of rotatable bonds is 9. The topological polar surface area (TPSA) is 103 Å². The number of hydrogen-bond acceptors (Lipinski definition) is 6. The lowest BCUT2D eigenvalue weighted by atomic mass is 10.2. The molecule has 2 rings (SSSR count). The molecule has 0 aliphatic carbocycles. The molecule has 0 saturated carbocycles. The van der Waals surface area contributed by atoms with Gasteiger partial charge >= 0.3 is 6.03 Å². The van der Waals surface area contributed by atoms with Crippen LogP contribution in [0.2, 0.25) is 0 Å². The number of benzene rings is 1. The molecule has 1 aliphatic rings. The molecule has 4 amide bonds. The first-order valence-electron chi connectivity index (χ1n) is 9.39. The summed E-state index contributed by atoms with van der Waals surface area (Å²) in [6.45, 7) is 4.50. The molecule has 0 unspecified atom stereocenters. The van der Waals surface area contributed by atoms with Crippen molar-refractivity contribution < 1.29 is 19.1 Å². The largest absolute Gasteiger partial charge is 0.383 e. The zero-order valence-electron chi connectivity index (χ0n) is 16.3. The van der Waals surface area contributed by atoms with E-state index < -0.39 is 6.03 Å². The third kappa shape index (κ3) is 8.47. The van der Waals surface area contributed by atoms with E-state index in [9.17, 15) is 14.4 Å². The average Bonchev–Trinajstić information content (AvgIpc) is 2.69. The molecule has 0 aromatic heterocycles. The fourth-order valence-electron chi connectivity index (χ4n) is 2.84. The van der Waals surface area contributed by atoms with Gasteiger partial charge in [-0.25, -0.2) is 4.79 Å². The van der Waals surface area contributed by atoms with Gasteiger partial charge in [-0.2, -0.15) is 0 Å². The van der Waals surface area contributed by atoms with Crippen LogP contribution in [0, 0.1) is 0 Å². The fourth-order valence-corrected chi connectivity index (χ4v) is 2.84. The van der Waals surface area contributed by atoms with Crippen molar-refractivity contribution in [2.24, 2.45) is 0 Å². The van der Waals surface area contributed by atoms with E-state index in [0.717, 1.165) is 5.56 Å². The highest BCUT2D eigenvalue weighted by atomic mass is 16.5. The summed E-state index contributed by atoms with van der Waals surface area (Å²) in [6, 6.07) is 9.26. The molecule has 0 spiro atoms. The van der Waals surface area contributed by atoms with Crippen LogP contribution >= 0.6 is 0 Å². The predicted molar refractivity (Wildman–Crippen MR) is 105 cm³/mol. The number of imide groups is 1. The van der Waals surface area contributed by atoms with Crippen molar-refractivity contribution in [1.82, 2.24) is 25.8 Å². The van der Waals surface area contributed by atoms with E-state index >= 15 is 0 Å². The van der Waals surface area contributed by atoms with Gasteiger partial charge in [-0.05, 0) is 5.56 Å². The van der Waals surface area contributed by atoms with Crippen LogP contribution < -0.4 is 16.0 Å². The Morgan fingerprint density at radius 1 is 0.929 bits per heavy atom. The van der Waals surface area contributed by atoms with Gasteiger partial charge in [0.15, 0.2) is 0 Å². The van der Waals surface area contributed by atoms with Crippen LogP contribution in [0.1, 0.15) is 5.56 Å². The number of piperazine rings is 1. The third-order valence-electron chi connectivity index (χ3n) is 4.38. The standard InChI is InChI=1S/C19H29N5O4/c1-28-12-7-20-19(27)22-18(26)15-24-10-8-23(9-11-24)14-17(25)21-13-16-5-3-2-4-6-16/h2-6H,7-15H2,1H3,(H,21,25)(H2,20,22,26,27). The van der Waals surface area contributed by atoms with Crippen molar-refractivity contribution in [3.8, 4) is 0 Å². The smallest absolute Gasteiger partial charge is 0.321 e. The molecule has 1 aromatic carbocycles. The van der Waals surface area contributed by atoms with Crippen molar-refractivity contribution in [1.29, 1.82) is 0 Å². The molecule has 1 fully saturated rings. The van der Waals surface area contributed by atoms with Crippen molar-refractivity contribution in [2.75, 3.05) is 59.5 Å². The highest BCUT2D eigenvalue weighted by molar-refractivity contribution is 5.95. The van der Waals surface area contributed by atoms with E-state index in [1.165, 1.54) is 7.11 Å². The van der Waals surface area contributed by atoms with Gasteiger partial charge in [0, 0.05) is 46.4 Å². The number of ether oxygens (including phenoxy) is 1. The van der Waals surface area contributed by atoms with Gasteiger partial charge in [-0.3, -0.25) is 24.7 Å². The minimum atomic E-state index is -0.518. The first kappa shape index (κ1) is 21.8. The summed E-state index contributed by atoms with van der Waals surface area (Å²) < 4.78 is 4.83. The number of amides is 4. The predicted octanol–water partition coefficient (Wildman–Crippen LogP) is -0.607. The second kappa shape index (κ2) is 12.1. The molecule has 3 N–H and O–H groups in total. The van der Waals surface area contributed by atoms with E-state index in [1.54, 1.807) is 0 Å². The number of methoxy groups -OCH3 is 1. The average molecular weight is 391 g/mol. The van der Waals surface area contributed by atoms with Crippen LogP contribution in [0.25, 0.3) is 0 Å². The first-order chi connectivity index (χ1) is 13.6. The minimum absolute atomic E-state index is 0.0113. The Bertz CT molecular complexity index is 632.